The van der Waals surface area contributed by atoms with Gasteiger partial charge < -0.3 is 5.32 Å². The summed E-state index contributed by atoms with van der Waals surface area (Å²) < 4.78 is 0. The van der Waals surface area contributed by atoms with E-state index in [1.807, 2.05) is 0 Å². The van der Waals surface area contributed by atoms with E-state index >= 15 is 0 Å². The van der Waals surface area contributed by atoms with Gasteiger partial charge in [-0.15, -0.1) is 0 Å². The normalized spacial score (nSPS) is 24.9. The number of hydrogen-bond donors (Lipinski definition) is 1. The van der Waals surface area contributed by atoms with E-state index in [-0.39, 0.29) is 46.5 Å². The van der Waals surface area contributed by atoms with Gasteiger partial charge in [0.25, 0.3) is 0 Å². The smallest absolute Gasteiger partial charge is 0.248 e. The molecule has 0 aromatic carbocycles. The molecule has 1 aliphatic rings. The molecule has 0 spiro atoms. The van der Waals surface area contributed by atoms with Crippen molar-refractivity contribution in [3.05, 3.63) is 12.2 Å². The van der Waals surface area contributed by atoms with Crippen molar-refractivity contribution < 1.29 is 9.59 Å². The van der Waals surface area contributed by atoms with Crippen LogP contribution in [0.15, 0.2) is 12.2 Å². The molecular weight excluding hydrogens is 235 g/mol. The Balaban J connectivity index is 0.00000225. The van der Waals surface area contributed by atoms with Gasteiger partial charge in [-0.2, -0.15) is 0 Å². The zero-order valence-electron chi connectivity index (χ0n) is 10.1. The summed E-state index contributed by atoms with van der Waals surface area (Å²) in [5.41, 5.74) is -0.612. The van der Waals surface area contributed by atoms with Crippen molar-refractivity contribution in [2.24, 2.45) is 5.41 Å². The third-order valence-corrected chi connectivity index (χ3v) is 3.22. The molecule has 1 saturated heterocycles. The van der Waals surface area contributed by atoms with Gasteiger partial charge in [-0.05, 0) is 25.6 Å². The Kier molecular flexibility index (Phi) is 5.32. The summed E-state index contributed by atoms with van der Waals surface area (Å²) in [7, 11) is 1.55. The van der Waals surface area contributed by atoms with E-state index in [0.29, 0.717) is 12.0 Å². The van der Waals surface area contributed by atoms with Crippen molar-refractivity contribution in [3.8, 4) is 0 Å². The van der Waals surface area contributed by atoms with Gasteiger partial charge in [0.1, 0.15) is 5.41 Å². The van der Waals surface area contributed by atoms with E-state index in [1.54, 1.807) is 20.9 Å². The van der Waals surface area contributed by atoms with Gasteiger partial charge in [-0.25, -0.2) is 0 Å². The van der Waals surface area contributed by atoms with Crippen LogP contribution in [0.3, 0.4) is 0 Å². The van der Waals surface area contributed by atoms with Gasteiger partial charge in [-0.3, -0.25) is 14.5 Å². The molecule has 16 heavy (non-hydrogen) atoms. The second-order valence-corrected chi connectivity index (χ2v) is 4.05. The average molecular weight is 249 g/mol. The maximum atomic E-state index is 12.1. The topological polar surface area (TPSA) is 49.4 Å². The summed E-state index contributed by atoms with van der Waals surface area (Å²) in [6, 6.07) is 0. The van der Waals surface area contributed by atoms with E-state index in [4.69, 9.17) is 12.2 Å². The number of nitrogens with zero attached hydrogens (tertiary/aromatic N) is 1. The molecule has 83 valence electrons. The maximum absolute atomic E-state index is 12.1. The van der Waals surface area contributed by atoms with Crippen molar-refractivity contribution in [3.63, 3.8) is 0 Å². The molecule has 1 heterocycles. The Labute approximate surface area is 123 Å². The number of rotatable bonds is 2. The van der Waals surface area contributed by atoms with Crippen LogP contribution in [0.2, 0.25) is 0 Å². The van der Waals surface area contributed by atoms with Gasteiger partial charge >= 0.3 is 0 Å². The van der Waals surface area contributed by atoms with Crippen molar-refractivity contribution in [2.45, 2.75) is 20.3 Å². The number of carbonyl (C=O) groups is 2. The third kappa shape index (κ3) is 2.09. The van der Waals surface area contributed by atoms with Crippen LogP contribution in [0, 0.1) is 5.41 Å². The summed E-state index contributed by atoms with van der Waals surface area (Å²) in [6.45, 7) is 7.20. The second-order valence-electron chi connectivity index (χ2n) is 3.66. The first kappa shape index (κ1) is 15.8. The molecule has 2 amide bonds. The van der Waals surface area contributed by atoms with Crippen LogP contribution in [0.4, 0.5) is 0 Å². The van der Waals surface area contributed by atoms with E-state index < -0.39 is 5.41 Å². The summed E-state index contributed by atoms with van der Waals surface area (Å²) in [6.07, 6.45) is 0.389. The number of nitrogens with one attached hydrogen (secondary N) is 1. The Morgan fingerprint density at radius 2 is 2.06 bits per heavy atom. The summed E-state index contributed by atoms with van der Waals surface area (Å²) in [5.74, 6) is -0.670. The fourth-order valence-electron chi connectivity index (χ4n) is 1.75. The Hall–Kier alpha value is -0.230. The summed E-state index contributed by atoms with van der Waals surface area (Å²) >= 11 is 4.86. The second kappa shape index (κ2) is 5.40. The minimum Gasteiger partial charge on any atom is -0.301 e. The molecule has 1 radical (unpaired) electrons. The van der Waals surface area contributed by atoms with Crippen molar-refractivity contribution in [2.75, 3.05) is 7.05 Å². The molecule has 0 saturated carbocycles. The average Bonchev–Trinajstić information content (AvgIpc) is 2.15. The molecule has 4 nitrogen and oxygen atoms in total. The number of amides is 2. The Morgan fingerprint density at radius 3 is 2.44 bits per heavy atom. The summed E-state index contributed by atoms with van der Waals surface area (Å²) in [5, 5.41) is 2.67. The number of hydrogen-bond acceptors (Lipinski definition) is 3. The molecule has 0 aromatic rings. The summed E-state index contributed by atoms with van der Waals surface area (Å²) in [4.78, 5) is 25.2. The largest absolute Gasteiger partial charge is 0.301 e. The molecule has 6 heteroatoms. The SMILES string of the molecule is C=C(C)C1(CC)C(=O)NC(=S)N(C)C1=O.[Na]. The van der Waals surface area contributed by atoms with Crippen molar-refractivity contribution in [1.82, 2.24) is 10.2 Å². The van der Waals surface area contributed by atoms with Crippen molar-refractivity contribution in [1.29, 1.82) is 0 Å². The van der Waals surface area contributed by atoms with Crippen LogP contribution in [-0.2, 0) is 9.59 Å². The molecule has 1 unspecified atom stereocenters. The van der Waals surface area contributed by atoms with Crippen LogP contribution in [0.5, 0.6) is 0 Å². The Morgan fingerprint density at radius 1 is 1.56 bits per heavy atom. The Bertz CT molecular complexity index is 370. The molecule has 1 N–H and O–H groups in total. The molecule has 1 atom stereocenters. The van der Waals surface area contributed by atoms with Crippen LogP contribution in [0.1, 0.15) is 20.3 Å². The quantitative estimate of drug-likeness (QED) is 0.334. The molecule has 1 aliphatic heterocycles. The minimum absolute atomic E-state index is 0. The van der Waals surface area contributed by atoms with E-state index in [0.717, 1.165) is 0 Å². The standard InChI is InChI=1S/C10H14N2O2S.Na/c1-5-10(6(2)3)7(13)11-9(15)12(4)8(10)14;/h2,5H2,1,3-4H3,(H,11,13,15);. The third-order valence-electron chi connectivity index (χ3n) is 2.84. The zero-order chi connectivity index (χ0) is 11.8. The van der Waals surface area contributed by atoms with Gasteiger partial charge in [0, 0.05) is 36.6 Å². The monoisotopic (exact) mass is 249 g/mol. The molecular formula is C10H14N2NaO2S. The van der Waals surface area contributed by atoms with Gasteiger partial charge in [0.2, 0.25) is 11.8 Å². The van der Waals surface area contributed by atoms with Crippen LogP contribution in [0.25, 0.3) is 0 Å². The van der Waals surface area contributed by atoms with Gasteiger partial charge in [0.05, 0.1) is 0 Å². The first-order valence-electron chi connectivity index (χ1n) is 4.67. The van der Waals surface area contributed by atoms with E-state index in [2.05, 4.69) is 11.9 Å². The predicted octanol–water partition coefficient (Wildman–Crippen LogP) is 0.451. The number of carbonyl (C=O) groups excluding carboxylic acids is 2. The first-order chi connectivity index (χ1) is 6.87. The fourth-order valence-corrected chi connectivity index (χ4v) is 1.93. The first-order valence-corrected chi connectivity index (χ1v) is 5.08. The molecule has 0 aromatic heterocycles. The van der Waals surface area contributed by atoms with E-state index in [9.17, 15) is 9.59 Å². The molecule has 0 bridgehead atoms. The molecule has 1 rings (SSSR count). The van der Waals surface area contributed by atoms with Crippen LogP contribution < -0.4 is 5.32 Å². The van der Waals surface area contributed by atoms with Crippen LogP contribution in [-0.4, -0.2) is 58.4 Å². The van der Waals surface area contributed by atoms with Gasteiger partial charge in [-0.1, -0.05) is 19.1 Å². The number of thiocarbonyl (C=S) groups is 1. The van der Waals surface area contributed by atoms with E-state index in [1.165, 1.54) is 4.90 Å². The molecule has 0 aliphatic carbocycles. The predicted molar refractivity (Wildman–Crippen MR) is 66.8 cm³/mol. The molecule has 1 fully saturated rings. The maximum Gasteiger partial charge on any atom is 0.248 e. The van der Waals surface area contributed by atoms with Gasteiger partial charge in [0.15, 0.2) is 5.11 Å². The fraction of sp³-hybridized carbons (Fsp3) is 0.500. The zero-order valence-corrected chi connectivity index (χ0v) is 12.9. The minimum atomic E-state index is -1.16. The van der Waals surface area contributed by atoms with Crippen LogP contribution >= 0.6 is 12.2 Å². The van der Waals surface area contributed by atoms with Crippen molar-refractivity contribution >= 4 is 58.7 Å².